The monoisotopic (exact) mass is 355 g/mol. The zero-order valence-electron chi connectivity index (χ0n) is 14.5. The van der Waals surface area contributed by atoms with Crippen LogP contribution in [0.5, 0.6) is 0 Å². The van der Waals surface area contributed by atoms with Crippen LogP contribution in [0.3, 0.4) is 0 Å². The number of halogens is 1. The van der Waals surface area contributed by atoms with Gasteiger partial charge in [0.25, 0.3) is 5.91 Å². The molecule has 26 heavy (non-hydrogen) atoms. The first-order valence-corrected chi connectivity index (χ1v) is 8.36. The van der Waals surface area contributed by atoms with Crippen molar-refractivity contribution in [3.05, 3.63) is 53.6 Å². The lowest BCUT2D eigenvalue weighted by Crippen LogP contribution is -2.52. The van der Waals surface area contributed by atoms with Crippen molar-refractivity contribution in [3.8, 4) is 0 Å². The first-order valence-electron chi connectivity index (χ1n) is 8.36. The Hall–Kier alpha value is -2.80. The van der Waals surface area contributed by atoms with Crippen LogP contribution in [0.1, 0.15) is 29.8 Å². The van der Waals surface area contributed by atoms with Crippen LogP contribution in [-0.4, -0.2) is 36.1 Å². The smallest absolute Gasteiger partial charge is 0.258 e. The van der Waals surface area contributed by atoms with E-state index in [0.29, 0.717) is 18.9 Å². The molecule has 0 saturated carbocycles. The molecule has 2 amide bonds. The minimum absolute atomic E-state index is 0.00613. The lowest BCUT2D eigenvalue weighted by Gasteiger charge is -2.35. The van der Waals surface area contributed by atoms with Crippen molar-refractivity contribution < 1.29 is 18.7 Å². The van der Waals surface area contributed by atoms with Gasteiger partial charge in [0.05, 0.1) is 42.1 Å². The summed E-state index contributed by atoms with van der Waals surface area (Å²) in [4.78, 5) is 30.6. The van der Waals surface area contributed by atoms with Crippen LogP contribution in [0.2, 0.25) is 0 Å². The maximum atomic E-state index is 13.7. The predicted octanol–water partition coefficient (Wildman–Crippen LogP) is 2.50. The average molecular weight is 355 g/mol. The van der Waals surface area contributed by atoms with Gasteiger partial charge in [0.1, 0.15) is 0 Å². The van der Waals surface area contributed by atoms with Gasteiger partial charge in [-0.25, -0.2) is 4.39 Å². The minimum atomic E-state index is -0.685. The van der Waals surface area contributed by atoms with Gasteiger partial charge in [-0.2, -0.15) is 0 Å². The van der Waals surface area contributed by atoms with Crippen LogP contribution < -0.4 is 10.2 Å². The van der Waals surface area contributed by atoms with Gasteiger partial charge in [-0.15, -0.1) is 0 Å². The maximum Gasteiger partial charge on any atom is 0.258 e. The van der Waals surface area contributed by atoms with Crippen LogP contribution in [0, 0.1) is 5.82 Å². The fourth-order valence-corrected chi connectivity index (χ4v) is 3.36. The van der Waals surface area contributed by atoms with Crippen molar-refractivity contribution in [2.24, 2.45) is 0 Å². The summed E-state index contributed by atoms with van der Waals surface area (Å²) in [5, 5.41) is 2.69. The highest BCUT2D eigenvalue weighted by Gasteiger charge is 2.48. The molecule has 1 N–H and O–H groups in total. The zero-order chi connectivity index (χ0) is 18.5. The molecular weight excluding hydrogens is 337 g/mol. The molecule has 0 bridgehead atoms. The fraction of sp³-hybridized carbons (Fsp3) is 0.316. The highest BCUT2D eigenvalue weighted by Crippen LogP contribution is 2.44. The molecule has 2 aromatic rings. The number of benzene rings is 1. The van der Waals surface area contributed by atoms with Crippen molar-refractivity contribution >= 4 is 23.2 Å². The second-order valence-corrected chi connectivity index (χ2v) is 7.03. The summed E-state index contributed by atoms with van der Waals surface area (Å²) in [6.07, 6.45) is 2.36. The standard InChI is InChI=1S/C19H18FN3O3/c1-19(2)14-4-3-11(22-17(24)13-5-6-21-8-15(13)20)7-16(14)23(18(19)25)12-9-26-10-12/h3-8,12H,9-10H2,1-2H3,(H,22,24). The van der Waals surface area contributed by atoms with E-state index in [1.807, 2.05) is 19.9 Å². The van der Waals surface area contributed by atoms with Gasteiger partial charge < -0.3 is 15.0 Å². The molecule has 1 saturated heterocycles. The normalized spacial score (nSPS) is 18.4. The number of rotatable bonds is 3. The molecule has 1 aromatic heterocycles. The van der Waals surface area contributed by atoms with Crippen LogP contribution in [-0.2, 0) is 14.9 Å². The second-order valence-electron chi connectivity index (χ2n) is 7.03. The number of aromatic nitrogens is 1. The fourth-order valence-electron chi connectivity index (χ4n) is 3.36. The summed E-state index contributed by atoms with van der Waals surface area (Å²) in [6, 6.07) is 6.66. The third kappa shape index (κ3) is 2.47. The number of ether oxygens (including phenoxy) is 1. The third-order valence-electron chi connectivity index (χ3n) is 4.94. The van der Waals surface area contributed by atoms with Crippen molar-refractivity contribution in [3.63, 3.8) is 0 Å². The van der Waals surface area contributed by atoms with Gasteiger partial charge in [-0.05, 0) is 37.6 Å². The molecule has 7 heteroatoms. The van der Waals surface area contributed by atoms with E-state index in [-0.39, 0.29) is 17.5 Å². The molecule has 134 valence electrons. The Labute approximate surface area is 150 Å². The van der Waals surface area contributed by atoms with Crippen LogP contribution in [0.15, 0.2) is 36.7 Å². The number of hydrogen-bond acceptors (Lipinski definition) is 4. The Morgan fingerprint density at radius 1 is 1.35 bits per heavy atom. The Morgan fingerprint density at radius 3 is 2.77 bits per heavy atom. The Balaban J connectivity index is 1.67. The van der Waals surface area contributed by atoms with Crippen molar-refractivity contribution in [1.29, 1.82) is 0 Å². The molecule has 0 aliphatic carbocycles. The summed E-state index contributed by atoms with van der Waals surface area (Å²) >= 11 is 0. The number of hydrogen-bond donors (Lipinski definition) is 1. The number of fused-ring (bicyclic) bond motifs is 1. The molecule has 4 rings (SSSR count). The quantitative estimate of drug-likeness (QED) is 0.918. The molecule has 1 aromatic carbocycles. The largest absolute Gasteiger partial charge is 0.377 e. The number of carbonyl (C=O) groups excluding carboxylic acids is 2. The minimum Gasteiger partial charge on any atom is -0.377 e. The molecule has 6 nitrogen and oxygen atoms in total. The van der Waals surface area contributed by atoms with Crippen LogP contribution in [0.25, 0.3) is 0 Å². The van der Waals surface area contributed by atoms with Gasteiger partial charge in [0.2, 0.25) is 5.91 Å². The van der Waals surface area contributed by atoms with E-state index in [9.17, 15) is 14.0 Å². The van der Waals surface area contributed by atoms with E-state index in [1.54, 1.807) is 17.0 Å². The van der Waals surface area contributed by atoms with Crippen molar-refractivity contribution in [2.75, 3.05) is 23.4 Å². The number of nitrogens with zero attached hydrogens (tertiary/aromatic N) is 2. The van der Waals surface area contributed by atoms with Crippen LogP contribution in [0.4, 0.5) is 15.8 Å². The Morgan fingerprint density at radius 2 is 2.12 bits per heavy atom. The van der Waals surface area contributed by atoms with Gasteiger partial charge in [-0.3, -0.25) is 14.6 Å². The number of pyridine rings is 1. The molecular formula is C19H18FN3O3. The maximum absolute atomic E-state index is 13.7. The molecule has 0 radical (unpaired) electrons. The summed E-state index contributed by atoms with van der Waals surface area (Å²) in [5.74, 6) is -1.23. The van der Waals surface area contributed by atoms with E-state index in [2.05, 4.69) is 10.3 Å². The molecule has 2 aliphatic rings. The lowest BCUT2D eigenvalue weighted by molar-refractivity contribution is -0.124. The van der Waals surface area contributed by atoms with E-state index in [0.717, 1.165) is 17.4 Å². The molecule has 0 spiro atoms. The van der Waals surface area contributed by atoms with E-state index in [4.69, 9.17) is 4.74 Å². The second kappa shape index (κ2) is 5.88. The van der Waals surface area contributed by atoms with E-state index < -0.39 is 17.1 Å². The highest BCUT2D eigenvalue weighted by atomic mass is 19.1. The number of carbonyl (C=O) groups is 2. The molecule has 3 heterocycles. The number of amides is 2. The first-order chi connectivity index (χ1) is 12.4. The predicted molar refractivity (Wildman–Crippen MR) is 93.7 cm³/mol. The van der Waals surface area contributed by atoms with E-state index in [1.165, 1.54) is 12.3 Å². The number of nitrogens with one attached hydrogen (secondary N) is 1. The highest BCUT2D eigenvalue weighted by molar-refractivity contribution is 6.10. The van der Waals surface area contributed by atoms with Gasteiger partial charge in [-0.1, -0.05) is 6.07 Å². The molecule has 1 fully saturated rings. The topological polar surface area (TPSA) is 71.5 Å². The summed E-state index contributed by atoms with van der Waals surface area (Å²) in [6.45, 7) is 4.77. The summed E-state index contributed by atoms with van der Waals surface area (Å²) < 4.78 is 19.0. The molecule has 0 unspecified atom stereocenters. The Bertz CT molecular complexity index is 909. The Kier molecular flexibility index (Phi) is 3.77. The van der Waals surface area contributed by atoms with Crippen molar-refractivity contribution in [2.45, 2.75) is 25.3 Å². The average Bonchev–Trinajstić information content (AvgIpc) is 2.75. The SMILES string of the molecule is CC1(C)C(=O)N(C2COC2)c2cc(NC(=O)c3ccncc3F)ccc21. The van der Waals surface area contributed by atoms with Crippen molar-refractivity contribution in [1.82, 2.24) is 4.98 Å². The van der Waals surface area contributed by atoms with Gasteiger partial charge in [0.15, 0.2) is 5.82 Å². The number of anilines is 2. The zero-order valence-corrected chi connectivity index (χ0v) is 14.5. The summed E-state index contributed by atoms with van der Waals surface area (Å²) in [5.41, 5.74) is 1.45. The summed E-state index contributed by atoms with van der Waals surface area (Å²) in [7, 11) is 0. The van der Waals surface area contributed by atoms with E-state index >= 15 is 0 Å². The van der Waals surface area contributed by atoms with Gasteiger partial charge in [0, 0.05) is 11.9 Å². The lowest BCUT2D eigenvalue weighted by atomic mass is 9.86. The third-order valence-corrected chi connectivity index (χ3v) is 4.94. The first kappa shape index (κ1) is 16.7. The molecule has 2 aliphatic heterocycles. The molecule has 0 atom stereocenters. The van der Waals surface area contributed by atoms with Crippen LogP contribution >= 0.6 is 0 Å². The van der Waals surface area contributed by atoms with Gasteiger partial charge >= 0.3 is 0 Å².